The van der Waals surface area contributed by atoms with Gasteiger partial charge < -0.3 is 10.3 Å². The van der Waals surface area contributed by atoms with E-state index in [0.29, 0.717) is 6.04 Å². The van der Waals surface area contributed by atoms with E-state index in [1.807, 2.05) is 0 Å². The van der Waals surface area contributed by atoms with Crippen molar-refractivity contribution in [3.05, 3.63) is 34.4 Å². The number of hydrogen-bond donors (Lipinski definition) is 2. The first-order valence-corrected chi connectivity index (χ1v) is 8.27. The Labute approximate surface area is 128 Å². The highest BCUT2D eigenvalue weighted by atomic mass is 79.9. The maximum Gasteiger partial charge on any atom is 0.0458 e. The number of nitrogens with one attached hydrogen (secondary N) is 2. The molecule has 1 saturated heterocycles. The van der Waals surface area contributed by atoms with Crippen molar-refractivity contribution >= 4 is 26.8 Å². The van der Waals surface area contributed by atoms with Crippen LogP contribution in [0.1, 0.15) is 25.3 Å². The van der Waals surface area contributed by atoms with E-state index < -0.39 is 0 Å². The van der Waals surface area contributed by atoms with E-state index >= 15 is 0 Å². The smallest absolute Gasteiger partial charge is 0.0458 e. The number of rotatable bonds is 5. The SMILES string of the molecule is CCN(Cc1c[nH]c2ccc(Br)cc12)CC1CCCN1. The van der Waals surface area contributed by atoms with Crippen molar-refractivity contribution in [2.45, 2.75) is 32.4 Å². The quantitative estimate of drug-likeness (QED) is 0.876. The Kier molecular flexibility index (Phi) is 4.44. The fourth-order valence-electron chi connectivity index (χ4n) is 3.05. The summed E-state index contributed by atoms with van der Waals surface area (Å²) in [5.41, 5.74) is 2.61. The Bertz CT molecular complexity index is 572. The molecule has 1 aromatic heterocycles. The van der Waals surface area contributed by atoms with Crippen LogP contribution in [0.5, 0.6) is 0 Å². The molecule has 3 nitrogen and oxygen atoms in total. The lowest BCUT2D eigenvalue weighted by atomic mass is 10.1. The van der Waals surface area contributed by atoms with Crippen LogP contribution in [0.4, 0.5) is 0 Å². The van der Waals surface area contributed by atoms with Crippen molar-refractivity contribution in [2.75, 3.05) is 19.6 Å². The minimum atomic E-state index is 0.673. The number of fused-ring (bicyclic) bond motifs is 1. The van der Waals surface area contributed by atoms with E-state index in [1.54, 1.807) is 0 Å². The van der Waals surface area contributed by atoms with E-state index in [-0.39, 0.29) is 0 Å². The van der Waals surface area contributed by atoms with Gasteiger partial charge in [-0.05, 0) is 49.7 Å². The molecule has 1 aliphatic heterocycles. The first-order chi connectivity index (χ1) is 9.76. The number of halogens is 1. The number of benzene rings is 1. The lowest BCUT2D eigenvalue weighted by Gasteiger charge is -2.24. The van der Waals surface area contributed by atoms with Gasteiger partial charge in [-0.1, -0.05) is 22.9 Å². The minimum Gasteiger partial charge on any atom is -0.361 e. The van der Waals surface area contributed by atoms with Crippen molar-refractivity contribution in [1.82, 2.24) is 15.2 Å². The van der Waals surface area contributed by atoms with Crippen molar-refractivity contribution in [1.29, 1.82) is 0 Å². The first kappa shape index (κ1) is 14.1. The number of H-pyrrole nitrogens is 1. The Morgan fingerprint density at radius 1 is 1.40 bits per heavy atom. The van der Waals surface area contributed by atoms with Gasteiger partial charge in [-0.2, -0.15) is 0 Å². The number of hydrogen-bond acceptors (Lipinski definition) is 2. The zero-order chi connectivity index (χ0) is 13.9. The van der Waals surface area contributed by atoms with E-state index in [1.165, 1.54) is 35.9 Å². The van der Waals surface area contributed by atoms with Crippen LogP contribution in [0.25, 0.3) is 10.9 Å². The summed E-state index contributed by atoms with van der Waals surface area (Å²) in [4.78, 5) is 5.91. The topological polar surface area (TPSA) is 31.1 Å². The van der Waals surface area contributed by atoms with Gasteiger partial charge in [0.2, 0.25) is 0 Å². The van der Waals surface area contributed by atoms with Gasteiger partial charge in [-0.15, -0.1) is 0 Å². The normalized spacial score (nSPS) is 19.2. The summed E-state index contributed by atoms with van der Waals surface area (Å²) < 4.78 is 1.14. The Balaban J connectivity index is 1.74. The Hall–Kier alpha value is -0.840. The molecule has 0 amide bonds. The summed E-state index contributed by atoms with van der Waals surface area (Å²) in [6, 6.07) is 7.11. The molecule has 1 fully saturated rings. The van der Waals surface area contributed by atoms with Gasteiger partial charge in [0.15, 0.2) is 0 Å². The van der Waals surface area contributed by atoms with Crippen LogP contribution in [0.15, 0.2) is 28.9 Å². The van der Waals surface area contributed by atoms with Crippen LogP contribution in [0.2, 0.25) is 0 Å². The number of aromatic amines is 1. The van der Waals surface area contributed by atoms with Gasteiger partial charge in [-0.25, -0.2) is 0 Å². The van der Waals surface area contributed by atoms with Gasteiger partial charge in [0.05, 0.1) is 0 Å². The number of nitrogens with zero attached hydrogens (tertiary/aromatic N) is 1. The molecule has 0 spiro atoms. The average molecular weight is 336 g/mol. The third-order valence-corrected chi connectivity index (χ3v) is 4.70. The summed E-state index contributed by atoms with van der Waals surface area (Å²) in [6.07, 6.45) is 4.79. The maximum atomic E-state index is 3.59. The molecule has 2 heterocycles. The molecule has 4 heteroatoms. The summed E-state index contributed by atoms with van der Waals surface area (Å²) in [7, 11) is 0. The predicted molar refractivity (Wildman–Crippen MR) is 88.0 cm³/mol. The monoisotopic (exact) mass is 335 g/mol. The highest BCUT2D eigenvalue weighted by Crippen LogP contribution is 2.24. The fraction of sp³-hybridized carbons (Fsp3) is 0.500. The summed E-state index contributed by atoms with van der Waals surface area (Å²) >= 11 is 3.57. The third kappa shape index (κ3) is 3.08. The molecule has 1 unspecified atom stereocenters. The lowest BCUT2D eigenvalue weighted by Crippen LogP contribution is -2.37. The summed E-state index contributed by atoms with van der Waals surface area (Å²) in [6.45, 7) is 6.70. The molecule has 3 rings (SSSR count). The maximum absolute atomic E-state index is 3.59. The van der Waals surface area contributed by atoms with Crippen LogP contribution in [0.3, 0.4) is 0 Å². The molecule has 0 radical (unpaired) electrons. The van der Waals surface area contributed by atoms with Gasteiger partial charge in [-0.3, -0.25) is 4.90 Å². The predicted octanol–water partition coefficient (Wildman–Crippen LogP) is 3.50. The molecule has 108 valence electrons. The molecule has 2 N–H and O–H groups in total. The molecular weight excluding hydrogens is 314 g/mol. The summed E-state index contributed by atoms with van der Waals surface area (Å²) in [5, 5.41) is 4.92. The molecule has 1 aliphatic rings. The second kappa shape index (κ2) is 6.29. The van der Waals surface area contributed by atoms with Gasteiger partial charge in [0, 0.05) is 40.7 Å². The zero-order valence-corrected chi connectivity index (χ0v) is 13.5. The standard InChI is InChI=1S/C16H22BrN3/c1-2-20(11-14-4-3-7-18-14)10-12-9-19-16-6-5-13(17)8-15(12)16/h5-6,8-9,14,18-19H,2-4,7,10-11H2,1H3. The van der Waals surface area contributed by atoms with E-state index in [0.717, 1.165) is 24.1 Å². The summed E-state index contributed by atoms with van der Waals surface area (Å²) in [5.74, 6) is 0. The molecule has 0 bridgehead atoms. The van der Waals surface area contributed by atoms with Gasteiger partial charge in [0.1, 0.15) is 0 Å². The Morgan fingerprint density at radius 2 is 2.30 bits per heavy atom. The number of likely N-dealkylation sites (N-methyl/N-ethyl adjacent to an activating group) is 1. The van der Waals surface area contributed by atoms with Crippen LogP contribution in [0, 0.1) is 0 Å². The fourth-order valence-corrected chi connectivity index (χ4v) is 3.41. The van der Waals surface area contributed by atoms with Crippen LogP contribution >= 0.6 is 15.9 Å². The molecule has 0 aliphatic carbocycles. The molecule has 0 saturated carbocycles. The van der Waals surface area contributed by atoms with E-state index in [2.05, 4.69) is 62.5 Å². The van der Waals surface area contributed by atoms with Crippen molar-refractivity contribution in [3.63, 3.8) is 0 Å². The Morgan fingerprint density at radius 3 is 3.05 bits per heavy atom. The first-order valence-electron chi connectivity index (χ1n) is 7.47. The zero-order valence-electron chi connectivity index (χ0n) is 12.0. The molecule has 20 heavy (non-hydrogen) atoms. The minimum absolute atomic E-state index is 0.673. The molecule has 1 atom stereocenters. The number of aromatic nitrogens is 1. The lowest BCUT2D eigenvalue weighted by molar-refractivity contribution is 0.254. The van der Waals surface area contributed by atoms with Crippen molar-refractivity contribution in [2.24, 2.45) is 0 Å². The average Bonchev–Trinajstić information content (AvgIpc) is 3.08. The second-order valence-corrected chi connectivity index (χ2v) is 6.54. The van der Waals surface area contributed by atoms with Crippen LogP contribution in [-0.2, 0) is 6.54 Å². The van der Waals surface area contributed by atoms with Gasteiger partial charge in [0.25, 0.3) is 0 Å². The van der Waals surface area contributed by atoms with E-state index in [9.17, 15) is 0 Å². The van der Waals surface area contributed by atoms with E-state index in [4.69, 9.17) is 0 Å². The van der Waals surface area contributed by atoms with Gasteiger partial charge >= 0.3 is 0 Å². The molecular formula is C16H22BrN3. The third-order valence-electron chi connectivity index (χ3n) is 4.21. The highest BCUT2D eigenvalue weighted by Gasteiger charge is 2.18. The molecule has 2 aromatic rings. The molecule has 1 aromatic carbocycles. The van der Waals surface area contributed by atoms with Crippen LogP contribution in [-0.4, -0.2) is 35.6 Å². The van der Waals surface area contributed by atoms with Crippen molar-refractivity contribution < 1.29 is 0 Å². The largest absolute Gasteiger partial charge is 0.361 e. The second-order valence-electron chi connectivity index (χ2n) is 5.62. The van der Waals surface area contributed by atoms with Crippen LogP contribution < -0.4 is 5.32 Å². The van der Waals surface area contributed by atoms with Crippen molar-refractivity contribution in [3.8, 4) is 0 Å². The highest BCUT2D eigenvalue weighted by molar-refractivity contribution is 9.10.